The minimum absolute atomic E-state index is 0.215. The van der Waals surface area contributed by atoms with Crippen molar-refractivity contribution >= 4 is 5.69 Å². The molecule has 0 aliphatic carbocycles. The van der Waals surface area contributed by atoms with Crippen LogP contribution >= 0.6 is 0 Å². The van der Waals surface area contributed by atoms with Crippen LogP contribution < -0.4 is 15.0 Å². The second kappa shape index (κ2) is 6.07. The summed E-state index contributed by atoms with van der Waals surface area (Å²) in [5.74, 6) is 0.898. The second-order valence-electron chi connectivity index (χ2n) is 4.80. The summed E-state index contributed by atoms with van der Waals surface area (Å²) in [7, 11) is 1.70. The van der Waals surface area contributed by atoms with Crippen molar-refractivity contribution in [3.05, 3.63) is 24.3 Å². The minimum atomic E-state index is 0.215. The van der Waals surface area contributed by atoms with Gasteiger partial charge < -0.3 is 20.1 Å². The molecular weight excluding hydrogens is 228 g/mol. The Kier molecular flexibility index (Phi) is 4.44. The molecule has 2 rings (SSSR count). The first-order valence-electron chi connectivity index (χ1n) is 6.50. The topological polar surface area (TPSA) is 44.7 Å². The normalized spacial score (nSPS) is 24.1. The Balaban J connectivity index is 2.25. The van der Waals surface area contributed by atoms with Crippen molar-refractivity contribution in [2.45, 2.75) is 25.4 Å². The van der Waals surface area contributed by atoms with E-state index in [4.69, 9.17) is 4.74 Å². The van der Waals surface area contributed by atoms with Crippen LogP contribution in [0.25, 0.3) is 0 Å². The zero-order valence-corrected chi connectivity index (χ0v) is 11.1. The third-order valence-electron chi connectivity index (χ3n) is 3.47. The molecule has 1 saturated heterocycles. The van der Waals surface area contributed by atoms with Crippen LogP contribution in [-0.4, -0.2) is 44.0 Å². The highest BCUT2D eigenvalue weighted by molar-refractivity contribution is 5.59. The SMILES string of the molecule is COc1ccccc1N1CC(C)NCC1CCO. The summed E-state index contributed by atoms with van der Waals surface area (Å²) in [5.41, 5.74) is 1.12. The first-order chi connectivity index (χ1) is 8.76. The van der Waals surface area contributed by atoms with E-state index in [-0.39, 0.29) is 6.61 Å². The number of methoxy groups -OCH3 is 1. The standard InChI is InChI=1S/C14H22N2O2/c1-11-10-16(12(7-8-17)9-15-11)13-5-3-4-6-14(13)18-2/h3-6,11-12,15,17H,7-10H2,1-2H3. The fourth-order valence-corrected chi connectivity index (χ4v) is 2.53. The van der Waals surface area contributed by atoms with Gasteiger partial charge in [0.15, 0.2) is 0 Å². The lowest BCUT2D eigenvalue weighted by molar-refractivity contribution is 0.259. The molecule has 1 aliphatic heterocycles. The molecular formula is C14H22N2O2. The van der Waals surface area contributed by atoms with Crippen LogP contribution in [0, 0.1) is 0 Å². The van der Waals surface area contributed by atoms with E-state index in [1.165, 1.54) is 0 Å². The van der Waals surface area contributed by atoms with Crippen LogP contribution in [0.1, 0.15) is 13.3 Å². The Hall–Kier alpha value is -1.26. The van der Waals surface area contributed by atoms with Gasteiger partial charge in [0.05, 0.1) is 12.8 Å². The maximum absolute atomic E-state index is 9.19. The number of nitrogens with one attached hydrogen (secondary N) is 1. The molecule has 4 heteroatoms. The van der Waals surface area contributed by atoms with E-state index in [1.807, 2.05) is 18.2 Å². The Bertz CT molecular complexity index is 384. The van der Waals surface area contributed by atoms with Gasteiger partial charge in [0, 0.05) is 31.8 Å². The number of aliphatic hydroxyl groups is 1. The molecule has 100 valence electrons. The Morgan fingerprint density at radius 2 is 2.22 bits per heavy atom. The maximum Gasteiger partial charge on any atom is 0.142 e. The predicted octanol–water partition coefficient (Wildman–Crippen LogP) is 1.24. The molecule has 0 saturated carbocycles. The minimum Gasteiger partial charge on any atom is -0.495 e. The summed E-state index contributed by atoms with van der Waals surface area (Å²) in [6, 6.07) is 8.85. The fourth-order valence-electron chi connectivity index (χ4n) is 2.53. The van der Waals surface area contributed by atoms with Crippen molar-refractivity contribution in [2.75, 3.05) is 31.7 Å². The Morgan fingerprint density at radius 3 is 2.94 bits per heavy atom. The number of para-hydroxylation sites is 2. The molecule has 1 fully saturated rings. The maximum atomic E-state index is 9.19. The first kappa shape index (κ1) is 13.2. The average Bonchev–Trinajstić information content (AvgIpc) is 2.41. The first-order valence-corrected chi connectivity index (χ1v) is 6.50. The van der Waals surface area contributed by atoms with E-state index >= 15 is 0 Å². The van der Waals surface area contributed by atoms with E-state index in [0.717, 1.165) is 30.9 Å². The zero-order valence-electron chi connectivity index (χ0n) is 11.1. The Morgan fingerprint density at radius 1 is 1.44 bits per heavy atom. The Labute approximate surface area is 109 Å². The molecule has 18 heavy (non-hydrogen) atoms. The molecule has 2 unspecified atom stereocenters. The molecule has 0 spiro atoms. The number of nitrogens with zero attached hydrogens (tertiary/aromatic N) is 1. The van der Waals surface area contributed by atoms with Gasteiger partial charge in [0.2, 0.25) is 0 Å². The van der Waals surface area contributed by atoms with E-state index in [2.05, 4.69) is 23.2 Å². The number of piperazine rings is 1. The van der Waals surface area contributed by atoms with Crippen molar-refractivity contribution in [3.8, 4) is 5.75 Å². The van der Waals surface area contributed by atoms with Crippen molar-refractivity contribution in [1.82, 2.24) is 5.32 Å². The summed E-state index contributed by atoms with van der Waals surface area (Å²) in [6.45, 7) is 4.23. The van der Waals surface area contributed by atoms with E-state index in [9.17, 15) is 5.11 Å². The number of rotatable bonds is 4. The molecule has 0 amide bonds. The number of ether oxygens (including phenoxy) is 1. The largest absolute Gasteiger partial charge is 0.495 e. The smallest absolute Gasteiger partial charge is 0.142 e. The van der Waals surface area contributed by atoms with E-state index in [0.29, 0.717) is 12.1 Å². The summed E-state index contributed by atoms with van der Waals surface area (Å²) >= 11 is 0. The van der Waals surface area contributed by atoms with Crippen LogP contribution in [0.5, 0.6) is 5.75 Å². The van der Waals surface area contributed by atoms with Crippen LogP contribution in [-0.2, 0) is 0 Å². The molecule has 4 nitrogen and oxygen atoms in total. The van der Waals surface area contributed by atoms with Crippen LogP contribution in [0.2, 0.25) is 0 Å². The fraction of sp³-hybridized carbons (Fsp3) is 0.571. The van der Waals surface area contributed by atoms with Gasteiger partial charge in [-0.3, -0.25) is 0 Å². The lowest BCUT2D eigenvalue weighted by Crippen LogP contribution is -2.56. The average molecular weight is 250 g/mol. The lowest BCUT2D eigenvalue weighted by Gasteiger charge is -2.41. The van der Waals surface area contributed by atoms with E-state index < -0.39 is 0 Å². The van der Waals surface area contributed by atoms with Gasteiger partial charge >= 0.3 is 0 Å². The lowest BCUT2D eigenvalue weighted by atomic mass is 10.1. The van der Waals surface area contributed by atoms with Gasteiger partial charge in [-0.2, -0.15) is 0 Å². The third kappa shape index (κ3) is 2.76. The summed E-state index contributed by atoms with van der Waals surface area (Å²) in [4.78, 5) is 2.34. The molecule has 0 radical (unpaired) electrons. The number of anilines is 1. The molecule has 1 aromatic carbocycles. The molecule has 0 aromatic heterocycles. The van der Waals surface area contributed by atoms with Crippen LogP contribution in [0.4, 0.5) is 5.69 Å². The van der Waals surface area contributed by atoms with E-state index in [1.54, 1.807) is 7.11 Å². The third-order valence-corrected chi connectivity index (χ3v) is 3.47. The number of hydrogen-bond donors (Lipinski definition) is 2. The summed E-state index contributed by atoms with van der Waals surface area (Å²) < 4.78 is 5.44. The molecule has 2 atom stereocenters. The van der Waals surface area contributed by atoms with Crippen molar-refractivity contribution in [3.63, 3.8) is 0 Å². The van der Waals surface area contributed by atoms with Crippen LogP contribution in [0.15, 0.2) is 24.3 Å². The zero-order chi connectivity index (χ0) is 13.0. The molecule has 2 N–H and O–H groups in total. The highest BCUT2D eigenvalue weighted by Gasteiger charge is 2.27. The summed E-state index contributed by atoms with van der Waals surface area (Å²) in [6.07, 6.45) is 0.776. The van der Waals surface area contributed by atoms with Gasteiger partial charge in [0.1, 0.15) is 5.75 Å². The molecule has 0 bridgehead atoms. The monoisotopic (exact) mass is 250 g/mol. The predicted molar refractivity (Wildman–Crippen MR) is 73.3 cm³/mol. The van der Waals surface area contributed by atoms with Gasteiger partial charge in [-0.25, -0.2) is 0 Å². The highest BCUT2D eigenvalue weighted by atomic mass is 16.5. The highest BCUT2D eigenvalue weighted by Crippen LogP contribution is 2.30. The van der Waals surface area contributed by atoms with Gasteiger partial charge in [-0.15, -0.1) is 0 Å². The quantitative estimate of drug-likeness (QED) is 0.844. The van der Waals surface area contributed by atoms with Gasteiger partial charge in [-0.1, -0.05) is 12.1 Å². The number of hydrogen-bond acceptors (Lipinski definition) is 4. The van der Waals surface area contributed by atoms with Crippen LogP contribution in [0.3, 0.4) is 0 Å². The summed E-state index contributed by atoms with van der Waals surface area (Å²) in [5, 5.41) is 12.7. The number of benzene rings is 1. The van der Waals surface area contributed by atoms with Crippen molar-refractivity contribution in [1.29, 1.82) is 0 Å². The van der Waals surface area contributed by atoms with Crippen molar-refractivity contribution in [2.24, 2.45) is 0 Å². The molecule has 1 heterocycles. The van der Waals surface area contributed by atoms with Gasteiger partial charge in [0.25, 0.3) is 0 Å². The van der Waals surface area contributed by atoms with Crippen molar-refractivity contribution < 1.29 is 9.84 Å². The van der Waals surface area contributed by atoms with Gasteiger partial charge in [-0.05, 0) is 25.5 Å². The molecule has 1 aliphatic rings. The number of aliphatic hydroxyl groups excluding tert-OH is 1. The molecule has 1 aromatic rings. The second-order valence-corrected chi connectivity index (χ2v) is 4.80.